The van der Waals surface area contributed by atoms with Gasteiger partial charge in [-0.15, -0.1) is 0 Å². The average Bonchev–Trinajstić information content (AvgIpc) is 3.00. The Morgan fingerprint density at radius 1 is 1.14 bits per heavy atom. The largest absolute Gasteiger partial charge is 0.338 e. The maximum atomic E-state index is 12.4. The van der Waals surface area contributed by atoms with Crippen molar-refractivity contribution >= 4 is 9.84 Å². The fourth-order valence-electron chi connectivity index (χ4n) is 1.93. The molecule has 0 N–H and O–H groups in total. The zero-order valence-corrected chi connectivity index (χ0v) is 13.5. The highest BCUT2D eigenvalue weighted by Gasteiger charge is 2.33. The number of sulfone groups is 1. The van der Waals surface area contributed by atoms with Crippen LogP contribution in [0.15, 0.2) is 9.05 Å². The molecule has 9 heteroatoms. The van der Waals surface area contributed by atoms with Gasteiger partial charge in [0.2, 0.25) is 11.8 Å². The molecule has 0 radical (unpaired) electrons. The van der Waals surface area contributed by atoms with Crippen LogP contribution in [0.1, 0.15) is 74.1 Å². The molecule has 0 bridgehead atoms. The van der Waals surface area contributed by atoms with Crippen molar-refractivity contribution in [3.8, 4) is 0 Å². The number of aromatic nitrogens is 4. The third-order valence-electron chi connectivity index (χ3n) is 3.61. The monoisotopic (exact) mass is 326 g/mol. The topological polar surface area (TPSA) is 112 Å². The third-order valence-corrected chi connectivity index (χ3v) is 5.54. The Labute approximate surface area is 128 Å². The number of rotatable bonds is 6. The van der Waals surface area contributed by atoms with Gasteiger partial charge in [-0.3, -0.25) is 0 Å². The molecule has 0 aromatic carbocycles. The van der Waals surface area contributed by atoms with Gasteiger partial charge in [0.15, 0.2) is 21.5 Å². The summed E-state index contributed by atoms with van der Waals surface area (Å²) in [5, 5.41) is 6.70. The van der Waals surface area contributed by atoms with E-state index in [-0.39, 0.29) is 23.5 Å². The van der Waals surface area contributed by atoms with Crippen LogP contribution in [0.2, 0.25) is 0 Å². The molecule has 1 fully saturated rings. The van der Waals surface area contributed by atoms with Crippen molar-refractivity contribution < 1.29 is 17.5 Å². The normalized spacial score (nSPS) is 17.1. The highest BCUT2D eigenvalue weighted by molar-refractivity contribution is 7.90. The van der Waals surface area contributed by atoms with E-state index in [0.29, 0.717) is 17.6 Å². The maximum absolute atomic E-state index is 12.4. The summed E-state index contributed by atoms with van der Waals surface area (Å²) in [6.07, 6.45) is 2.06. The van der Waals surface area contributed by atoms with E-state index in [2.05, 4.69) is 20.3 Å². The molecule has 1 aliphatic carbocycles. The molecule has 0 saturated heterocycles. The first-order valence-corrected chi connectivity index (χ1v) is 8.96. The van der Waals surface area contributed by atoms with Crippen molar-refractivity contribution in [1.29, 1.82) is 0 Å². The molecule has 2 heterocycles. The van der Waals surface area contributed by atoms with Crippen molar-refractivity contribution in [3.05, 3.63) is 23.4 Å². The van der Waals surface area contributed by atoms with E-state index in [9.17, 15) is 8.42 Å². The van der Waals surface area contributed by atoms with Crippen LogP contribution < -0.4 is 0 Å². The molecular formula is C13H18N4O4S. The Morgan fingerprint density at radius 2 is 1.86 bits per heavy atom. The fourth-order valence-corrected chi connectivity index (χ4v) is 3.05. The van der Waals surface area contributed by atoms with Gasteiger partial charge in [0, 0.05) is 11.8 Å². The molecule has 0 aliphatic heterocycles. The van der Waals surface area contributed by atoms with Crippen LogP contribution in [0.25, 0.3) is 0 Å². The van der Waals surface area contributed by atoms with Crippen molar-refractivity contribution in [2.75, 3.05) is 0 Å². The van der Waals surface area contributed by atoms with Crippen molar-refractivity contribution in [2.45, 2.75) is 56.5 Å². The highest BCUT2D eigenvalue weighted by Crippen LogP contribution is 2.38. The summed E-state index contributed by atoms with van der Waals surface area (Å²) in [6, 6.07) is 0. The van der Waals surface area contributed by atoms with E-state index in [4.69, 9.17) is 9.05 Å². The Kier molecular flexibility index (Phi) is 3.75. The molecule has 120 valence electrons. The van der Waals surface area contributed by atoms with E-state index >= 15 is 0 Å². The lowest BCUT2D eigenvalue weighted by atomic mass is 10.2. The molecule has 22 heavy (non-hydrogen) atoms. The Morgan fingerprint density at radius 3 is 2.45 bits per heavy atom. The van der Waals surface area contributed by atoms with Crippen molar-refractivity contribution in [2.24, 2.45) is 0 Å². The highest BCUT2D eigenvalue weighted by atomic mass is 32.2. The molecule has 2 aromatic heterocycles. The van der Waals surface area contributed by atoms with Crippen LogP contribution in [0.3, 0.4) is 0 Å². The average molecular weight is 326 g/mol. The second kappa shape index (κ2) is 5.45. The van der Waals surface area contributed by atoms with Crippen LogP contribution in [0.5, 0.6) is 0 Å². The van der Waals surface area contributed by atoms with Gasteiger partial charge in [-0.05, 0) is 19.8 Å². The van der Waals surface area contributed by atoms with Crippen LogP contribution in [-0.4, -0.2) is 28.7 Å². The van der Waals surface area contributed by atoms with Gasteiger partial charge < -0.3 is 9.05 Å². The van der Waals surface area contributed by atoms with Gasteiger partial charge >= 0.3 is 0 Å². The van der Waals surface area contributed by atoms with Gasteiger partial charge in [-0.1, -0.05) is 24.2 Å². The van der Waals surface area contributed by atoms with Crippen LogP contribution in [0.4, 0.5) is 0 Å². The van der Waals surface area contributed by atoms with E-state index < -0.39 is 15.1 Å². The second-order valence-electron chi connectivity index (χ2n) is 5.92. The van der Waals surface area contributed by atoms with Crippen molar-refractivity contribution in [1.82, 2.24) is 20.3 Å². The smallest absolute Gasteiger partial charge is 0.244 e. The summed E-state index contributed by atoms with van der Waals surface area (Å²) in [4.78, 5) is 8.28. The molecule has 1 aliphatic rings. The molecule has 0 amide bonds. The van der Waals surface area contributed by atoms with E-state index in [1.165, 1.54) is 6.92 Å². The van der Waals surface area contributed by atoms with E-state index in [1.54, 1.807) is 0 Å². The number of nitrogens with zero attached hydrogens (tertiary/aromatic N) is 4. The lowest BCUT2D eigenvalue weighted by Gasteiger charge is -2.06. The molecule has 3 rings (SSSR count). The molecule has 0 spiro atoms. The van der Waals surface area contributed by atoms with E-state index in [1.807, 2.05) is 13.8 Å². The first kappa shape index (κ1) is 15.1. The summed E-state index contributed by atoms with van der Waals surface area (Å²) in [6.45, 7) is 5.34. The van der Waals surface area contributed by atoms with Gasteiger partial charge in [0.05, 0.1) is 0 Å². The maximum Gasteiger partial charge on any atom is 0.244 e. The van der Waals surface area contributed by atoms with Crippen LogP contribution in [-0.2, 0) is 15.6 Å². The molecule has 0 unspecified atom stereocenters. The van der Waals surface area contributed by atoms with Crippen LogP contribution >= 0.6 is 0 Å². The minimum absolute atomic E-state index is 0.0736. The zero-order valence-electron chi connectivity index (χ0n) is 12.7. The van der Waals surface area contributed by atoms with Crippen molar-refractivity contribution in [3.63, 3.8) is 0 Å². The lowest BCUT2D eigenvalue weighted by Crippen LogP contribution is -2.13. The van der Waals surface area contributed by atoms with E-state index in [0.717, 1.165) is 12.8 Å². The summed E-state index contributed by atoms with van der Waals surface area (Å²) in [7, 11) is -3.56. The SMILES string of the molecule is CC(C)c1noc([C@@H](C)S(=O)(=O)Cc2nc(C3CC3)no2)n1. The Bertz CT molecular complexity index is 761. The third kappa shape index (κ3) is 3.03. The first-order chi connectivity index (χ1) is 10.4. The summed E-state index contributed by atoms with van der Waals surface area (Å²) >= 11 is 0. The molecular weight excluding hydrogens is 308 g/mol. The summed E-state index contributed by atoms with van der Waals surface area (Å²) in [5.74, 6) is 1.35. The Hall–Kier alpha value is -1.77. The molecule has 1 saturated carbocycles. The molecule has 2 aromatic rings. The minimum atomic E-state index is -3.56. The fraction of sp³-hybridized carbons (Fsp3) is 0.692. The summed E-state index contributed by atoms with van der Waals surface area (Å²) in [5.41, 5.74) is 0. The first-order valence-electron chi connectivity index (χ1n) is 7.24. The lowest BCUT2D eigenvalue weighted by molar-refractivity contribution is 0.367. The number of hydrogen-bond donors (Lipinski definition) is 0. The summed E-state index contributed by atoms with van der Waals surface area (Å²) < 4.78 is 34.9. The van der Waals surface area contributed by atoms with Gasteiger partial charge in [-0.2, -0.15) is 9.97 Å². The number of hydrogen-bond acceptors (Lipinski definition) is 8. The van der Waals surface area contributed by atoms with Gasteiger partial charge in [0.1, 0.15) is 11.0 Å². The standard InChI is InChI=1S/C13H18N4O4S/c1-7(2)11-15-13(21-16-11)8(3)22(18,19)6-10-14-12(17-20-10)9-4-5-9/h7-9H,4-6H2,1-3H3/t8-/m1/s1. The van der Waals surface area contributed by atoms with Gasteiger partial charge in [-0.25, -0.2) is 8.42 Å². The Balaban J connectivity index is 1.75. The minimum Gasteiger partial charge on any atom is -0.338 e. The quantitative estimate of drug-likeness (QED) is 0.793. The predicted octanol–water partition coefficient (Wildman–Crippen LogP) is 2.13. The van der Waals surface area contributed by atoms with Crippen LogP contribution in [0, 0.1) is 0 Å². The molecule has 8 nitrogen and oxygen atoms in total. The second-order valence-corrected chi connectivity index (χ2v) is 8.24. The van der Waals surface area contributed by atoms with Gasteiger partial charge in [0.25, 0.3) is 0 Å². The molecule has 1 atom stereocenters. The zero-order chi connectivity index (χ0) is 15.9. The predicted molar refractivity (Wildman–Crippen MR) is 75.7 cm³/mol.